The van der Waals surface area contributed by atoms with Gasteiger partial charge in [0.25, 0.3) is 5.56 Å². The zero-order valence-electron chi connectivity index (χ0n) is 15.3. The van der Waals surface area contributed by atoms with E-state index in [1.807, 2.05) is 44.3 Å². The van der Waals surface area contributed by atoms with Crippen molar-refractivity contribution in [1.29, 1.82) is 5.26 Å². The van der Waals surface area contributed by atoms with Crippen LogP contribution in [0.2, 0.25) is 5.02 Å². The van der Waals surface area contributed by atoms with Crippen molar-refractivity contribution in [2.24, 2.45) is 0 Å². The molecule has 4 rings (SSSR count). The molecule has 7 nitrogen and oxygen atoms in total. The fourth-order valence-electron chi connectivity index (χ4n) is 3.25. The van der Waals surface area contributed by atoms with Gasteiger partial charge in [-0.3, -0.25) is 14.6 Å². The first-order valence-corrected chi connectivity index (χ1v) is 9.17. The highest BCUT2D eigenvalue weighted by atomic mass is 35.5. The molecule has 8 heteroatoms. The molecule has 140 valence electrons. The minimum absolute atomic E-state index is 0.0444. The van der Waals surface area contributed by atoms with E-state index >= 15 is 0 Å². The Morgan fingerprint density at radius 3 is 2.89 bits per heavy atom. The first-order valence-electron chi connectivity index (χ1n) is 8.79. The van der Waals surface area contributed by atoms with Crippen LogP contribution in [0.25, 0.3) is 16.9 Å². The van der Waals surface area contributed by atoms with Gasteiger partial charge in [0.1, 0.15) is 11.6 Å². The third-order valence-corrected chi connectivity index (χ3v) is 4.77. The van der Waals surface area contributed by atoms with E-state index in [1.165, 1.54) is 10.7 Å². The Labute approximate surface area is 165 Å². The number of hydrogen-bond acceptors (Lipinski definition) is 4. The number of aromatic amines is 1. The Morgan fingerprint density at radius 1 is 1.36 bits per heavy atom. The molecule has 0 amide bonds. The third-order valence-electron chi connectivity index (χ3n) is 4.54. The summed E-state index contributed by atoms with van der Waals surface area (Å²) in [5.41, 5.74) is 3.30. The van der Waals surface area contributed by atoms with Crippen molar-refractivity contribution < 1.29 is 0 Å². The van der Waals surface area contributed by atoms with Crippen LogP contribution in [-0.2, 0) is 6.54 Å². The average molecular weight is 393 g/mol. The predicted octanol–water partition coefficient (Wildman–Crippen LogP) is 3.58. The number of nitriles is 1. The van der Waals surface area contributed by atoms with Crippen LogP contribution in [0, 0.1) is 11.3 Å². The van der Waals surface area contributed by atoms with Crippen LogP contribution in [0.5, 0.6) is 0 Å². The van der Waals surface area contributed by atoms with E-state index in [2.05, 4.69) is 21.3 Å². The number of nitrogens with one attached hydrogen (secondary N) is 1. The van der Waals surface area contributed by atoms with Crippen molar-refractivity contribution in [2.75, 3.05) is 0 Å². The van der Waals surface area contributed by atoms with Gasteiger partial charge in [0.15, 0.2) is 5.65 Å². The maximum atomic E-state index is 13.0. The van der Waals surface area contributed by atoms with E-state index in [1.54, 1.807) is 10.9 Å². The zero-order valence-corrected chi connectivity index (χ0v) is 16.1. The van der Waals surface area contributed by atoms with Crippen LogP contribution in [-0.4, -0.2) is 24.4 Å². The normalized spacial score (nSPS) is 11.2. The zero-order chi connectivity index (χ0) is 19.8. The quantitative estimate of drug-likeness (QED) is 0.574. The second kappa shape index (κ2) is 6.98. The van der Waals surface area contributed by atoms with E-state index < -0.39 is 0 Å². The number of hydrogen-bond donors (Lipinski definition) is 1. The summed E-state index contributed by atoms with van der Waals surface area (Å²) in [5, 5.41) is 17.2. The molecule has 0 saturated heterocycles. The molecular formula is C20H17ClN6O. The van der Waals surface area contributed by atoms with E-state index in [4.69, 9.17) is 11.6 Å². The van der Waals surface area contributed by atoms with Crippen molar-refractivity contribution in [3.8, 4) is 17.3 Å². The summed E-state index contributed by atoms with van der Waals surface area (Å²) >= 11 is 6.05. The van der Waals surface area contributed by atoms with Crippen LogP contribution >= 0.6 is 11.6 Å². The highest BCUT2D eigenvalue weighted by Gasteiger charge is 2.20. The summed E-state index contributed by atoms with van der Waals surface area (Å²) in [5.74, 6) is -0.0444. The van der Waals surface area contributed by atoms with Gasteiger partial charge in [0.2, 0.25) is 0 Å². The Kier molecular flexibility index (Phi) is 4.49. The van der Waals surface area contributed by atoms with Gasteiger partial charge in [-0.2, -0.15) is 10.4 Å². The summed E-state index contributed by atoms with van der Waals surface area (Å²) in [6.07, 6.45) is 5.03. The lowest BCUT2D eigenvalue weighted by Crippen LogP contribution is -2.22. The Bertz CT molecular complexity index is 1270. The first kappa shape index (κ1) is 18.0. The van der Waals surface area contributed by atoms with E-state index in [-0.39, 0.29) is 11.5 Å². The van der Waals surface area contributed by atoms with Crippen molar-refractivity contribution >= 4 is 17.2 Å². The lowest BCUT2D eigenvalue weighted by Gasteiger charge is -2.10. The average Bonchev–Trinajstić information content (AvgIpc) is 3.28. The van der Waals surface area contributed by atoms with E-state index in [0.717, 1.165) is 11.1 Å². The fourth-order valence-corrected chi connectivity index (χ4v) is 3.46. The van der Waals surface area contributed by atoms with Gasteiger partial charge in [0, 0.05) is 28.5 Å². The monoisotopic (exact) mass is 392 g/mol. The molecule has 0 aliphatic rings. The molecule has 0 spiro atoms. The Balaban J connectivity index is 1.83. The Morgan fingerprint density at radius 2 is 2.18 bits per heavy atom. The van der Waals surface area contributed by atoms with Crippen molar-refractivity contribution in [1.82, 2.24) is 24.4 Å². The molecular weight excluding hydrogens is 376 g/mol. The maximum Gasteiger partial charge on any atom is 0.276 e. The molecule has 3 aromatic heterocycles. The Hall–Kier alpha value is -3.37. The SMILES string of the molecule is CC(C)c1c(-c2cnn(Cc3cccc(Cl)c3)c2)nc2c(C#N)c[nH]n2c1=O. The molecule has 0 radical (unpaired) electrons. The smallest absolute Gasteiger partial charge is 0.276 e. The molecule has 0 aliphatic heterocycles. The highest BCUT2D eigenvalue weighted by molar-refractivity contribution is 6.30. The molecule has 0 unspecified atom stereocenters. The standard InChI is InChI=1S/C20H17ClN6O/c1-12(2)17-18(25-19-14(7-22)8-24-27(19)20(17)28)15-9-23-26(11-15)10-13-4-3-5-16(21)6-13/h3-6,8-9,11-12,24H,10H2,1-2H3. The second-order valence-corrected chi connectivity index (χ2v) is 7.28. The molecule has 0 saturated carbocycles. The minimum atomic E-state index is -0.209. The maximum absolute atomic E-state index is 13.0. The number of rotatable bonds is 4. The van der Waals surface area contributed by atoms with Gasteiger partial charge in [-0.25, -0.2) is 9.50 Å². The first-order chi connectivity index (χ1) is 13.5. The van der Waals surface area contributed by atoms with Crippen LogP contribution in [0.4, 0.5) is 0 Å². The number of nitrogens with zero attached hydrogens (tertiary/aromatic N) is 5. The molecule has 1 N–H and O–H groups in total. The molecule has 0 bridgehead atoms. The van der Waals surface area contributed by atoms with E-state index in [9.17, 15) is 10.1 Å². The van der Waals surface area contributed by atoms with Gasteiger partial charge in [0.05, 0.1) is 18.4 Å². The fraction of sp³-hybridized carbons (Fsp3) is 0.200. The van der Waals surface area contributed by atoms with Gasteiger partial charge in [-0.15, -0.1) is 0 Å². The molecule has 4 aromatic rings. The lowest BCUT2D eigenvalue weighted by atomic mass is 10.00. The number of halogens is 1. The highest BCUT2D eigenvalue weighted by Crippen LogP contribution is 2.26. The van der Waals surface area contributed by atoms with Crippen LogP contribution in [0.15, 0.2) is 47.7 Å². The number of benzene rings is 1. The topological polar surface area (TPSA) is 91.8 Å². The van der Waals surface area contributed by atoms with E-state index in [0.29, 0.717) is 34.0 Å². The number of H-pyrrole nitrogens is 1. The van der Waals surface area contributed by atoms with Crippen molar-refractivity contribution in [3.63, 3.8) is 0 Å². The lowest BCUT2D eigenvalue weighted by molar-refractivity contribution is 0.687. The molecule has 28 heavy (non-hydrogen) atoms. The number of aromatic nitrogens is 5. The van der Waals surface area contributed by atoms with Gasteiger partial charge >= 0.3 is 0 Å². The summed E-state index contributed by atoms with van der Waals surface area (Å²) in [6.45, 7) is 4.43. The van der Waals surface area contributed by atoms with Crippen molar-refractivity contribution in [3.05, 3.63) is 74.9 Å². The van der Waals surface area contributed by atoms with Crippen LogP contribution < -0.4 is 5.56 Å². The van der Waals surface area contributed by atoms with Crippen LogP contribution in [0.3, 0.4) is 0 Å². The number of fused-ring (bicyclic) bond motifs is 1. The van der Waals surface area contributed by atoms with Gasteiger partial charge in [-0.1, -0.05) is 37.6 Å². The molecule has 0 fully saturated rings. The molecule has 3 heterocycles. The summed E-state index contributed by atoms with van der Waals surface area (Å²) in [4.78, 5) is 17.6. The summed E-state index contributed by atoms with van der Waals surface area (Å²) in [7, 11) is 0. The summed E-state index contributed by atoms with van der Waals surface area (Å²) in [6, 6.07) is 9.64. The molecule has 0 aliphatic carbocycles. The summed E-state index contributed by atoms with van der Waals surface area (Å²) < 4.78 is 3.09. The molecule has 1 aromatic carbocycles. The predicted molar refractivity (Wildman–Crippen MR) is 106 cm³/mol. The largest absolute Gasteiger partial charge is 0.295 e. The van der Waals surface area contributed by atoms with Gasteiger partial charge in [-0.05, 0) is 23.6 Å². The van der Waals surface area contributed by atoms with Crippen molar-refractivity contribution in [2.45, 2.75) is 26.3 Å². The molecule has 0 atom stereocenters. The third kappa shape index (κ3) is 3.08. The second-order valence-electron chi connectivity index (χ2n) is 6.85. The van der Waals surface area contributed by atoms with Crippen LogP contribution in [0.1, 0.15) is 36.5 Å². The minimum Gasteiger partial charge on any atom is -0.295 e. The van der Waals surface area contributed by atoms with Gasteiger partial charge < -0.3 is 0 Å².